The Labute approximate surface area is 173 Å². The van der Waals surface area contributed by atoms with Crippen LogP contribution < -0.4 is 0 Å². The van der Waals surface area contributed by atoms with Crippen LogP contribution in [-0.2, 0) is 43.0 Å². The summed E-state index contributed by atoms with van der Waals surface area (Å²) >= 11 is 0. The van der Waals surface area contributed by atoms with Crippen LogP contribution in [0.25, 0.3) is 0 Å². The van der Waals surface area contributed by atoms with Crippen LogP contribution in [0.15, 0.2) is 35.5 Å². The summed E-state index contributed by atoms with van der Waals surface area (Å²) in [6.07, 6.45) is 3.60. The Morgan fingerprint density at radius 3 is 0.893 bits per heavy atom. The third-order valence-electron chi connectivity index (χ3n) is 3.12. The standard InChI is InChI=1S/3C6H6O3.Ga/c3*1-4-2-5(7)6(8)3-9-4;/h3*2H,3H2,1H3;/q;;;+3. The Hall–Kier alpha value is -2.72. The molecule has 0 atom stereocenters. The molecule has 0 saturated heterocycles. The second kappa shape index (κ2) is 11.9. The molecule has 0 aromatic heterocycles. The molecule has 0 saturated carbocycles. The minimum atomic E-state index is -0.472. The summed E-state index contributed by atoms with van der Waals surface area (Å²) in [5.74, 6) is -1.25. The first-order chi connectivity index (χ1) is 12.6. The molecule has 3 aliphatic rings. The van der Waals surface area contributed by atoms with Crippen LogP contribution in [0.2, 0.25) is 0 Å². The topological polar surface area (TPSA) is 130 Å². The Balaban J connectivity index is 0.000000384. The number of ketones is 6. The fourth-order valence-electron chi connectivity index (χ4n) is 1.67. The normalized spacial score (nSPS) is 18.3. The molecule has 0 fully saturated rings. The van der Waals surface area contributed by atoms with Crippen LogP contribution in [0.1, 0.15) is 20.8 Å². The number of carbonyl (C=O) groups is 6. The number of hydrogen-bond donors (Lipinski definition) is 0. The Morgan fingerprint density at radius 2 is 0.750 bits per heavy atom. The first kappa shape index (κ1) is 25.3. The first-order valence-electron chi connectivity index (χ1n) is 7.75. The van der Waals surface area contributed by atoms with E-state index in [1.165, 1.54) is 18.2 Å². The summed E-state index contributed by atoms with van der Waals surface area (Å²) in [6, 6.07) is 0. The molecule has 10 heteroatoms. The molecule has 0 spiro atoms. The van der Waals surface area contributed by atoms with Gasteiger partial charge in [0.15, 0.2) is 19.8 Å². The number of allylic oxidation sites excluding steroid dienone is 6. The molecule has 0 unspecified atom stereocenters. The Morgan fingerprint density at radius 1 is 0.536 bits per heavy atom. The molecule has 0 aromatic carbocycles. The zero-order valence-corrected chi connectivity index (χ0v) is 18.0. The van der Waals surface area contributed by atoms with Crippen LogP contribution in [0.5, 0.6) is 0 Å². The monoisotopic (exact) mass is 447 g/mol. The summed E-state index contributed by atoms with van der Waals surface area (Å²) in [6.45, 7) is 4.64. The van der Waals surface area contributed by atoms with E-state index in [0.717, 1.165) is 0 Å². The van der Waals surface area contributed by atoms with Gasteiger partial charge in [-0.05, 0) is 20.8 Å². The molecule has 0 amide bonds. The molecule has 28 heavy (non-hydrogen) atoms. The van der Waals surface area contributed by atoms with E-state index >= 15 is 0 Å². The summed E-state index contributed by atoms with van der Waals surface area (Å²) in [4.78, 5) is 62.8. The van der Waals surface area contributed by atoms with Crippen LogP contribution in [0.3, 0.4) is 0 Å². The van der Waals surface area contributed by atoms with Crippen molar-refractivity contribution in [3.63, 3.8) is 0 Å². The van der Waals surface area contributed by atoms with E-state index in [4.69, 9.17) is 14.2 Å². The average molecular weight is 448 g/mol. The number of carbonyl (C=O) groups excluding carboxylic acids is 6. The SMILES string of the molecule is CC1=CC(=O)C(=O)CO1.CC1=CC(=O)C(=O)CO1.CC1=CC(=O)C(=O)CO1.[Ga+3]. The summed E-state index contributed by atoms with van der Waals surface area (Å²) in [5.41, 5.74) is 0. The van der Waals surface area contributed by atoms with E-state index in [2.05, 4.69) is 0 Å². The number of Topliss-reactive ketones (excluding diaryl/α,β-unsaturated/α-hetero) is 3. The third kappa shape index (κ3) is 8.78. The summed E-state index contributed by atoms with van der Waals surface area (Å²) in [7, 11) is 0. The zero-order chi connectivity index (χ0) is 20.6. The molecule has 0 aromatic rings. The van der Waals surface area contributed by atoms with Gasteiger partial charge in [-0.1, -0.05) is 0 Å². The van der Waals surface area contributed by atoms with Gasteiger partial charge in [-0.25, -0.2) is 0 Å². The van der Waals surface area contributed by atoms with Crippen molar-refractivity contribution in [1.82, 2.24) is 0 Å². The molecule has 0 bridgehead atoms. The predicted octanol–water partition coefficient (Wildman–Crippen LogP) is -0.205. The molecule has 3 rings (SSSR count). The smallest absolute Gasteiger partial charge is 0.490 e. The van der Waals surface area contributed by atoms with Crippen molar-refractivity contribution in [2.45, 2.75) is 20.8 Å². The van der Waals surface area contributed by atoms with Crippen molar-refractivity contribution in [2.75, 3.05) is 19.8 Å². The van der Waals surface area contributed by atoms with Crippen LogP contribution in [0.4, 0.5) is 0 Å². The van der Waals surface area contributed by atoms with Crippen molar-refractivity contribution >= 4 is 54.5 Å². The fraction of sp³-hybridized carbons (Fsp3) is 0.333. The van der Waals surface area contributed by atoms with E-state index in [9.17, 15) is 28.8 Å². The van der Waals surface area contributed by atoms with Gasteiger partial charge >= 0.3 is 19.8 Å². The second-order valence-electron chi connectivity index (χ2n) is 5.49. The van der Waals surface area contributed by atoms with Crippen molar-refractivity contribution < 1.29 is 43.0 Å². The maximum Gasteiger partial charge on any atom is 3.00 e. The van der Waals surface area contributed by atoms with Gasteiger partial charge in [-0.2, -0.15) is 0 Å². The van der Waals surface area contributed by atoms with Crippen molar-refractivity contribution in [2.24, 2.45) is 0 Å². The molecule has 0 aliphatic carbocycles. The largest absolute Gasteiger partial charge is 3.00 e. The molecular weight excluding hydrogens is 430 g/mol. The van der Waals surface area contributed by atoms with E-state index in [1.54, 1.807) is 20.8 Å². The third-order valence-corrected chi connectivity index (χ3v) is 3.12. The molecule has 3 aliphatic heterocycles. The molecule has 0 radical (unpaired) electrons. The summed E-state index contributed by atoms with van der Waals surface area (Å²) in [5, 5.41) is 0. The van der Waals surface area contributed by atoms with Crippen LogP contribution in [-0.4, -0.2) is 74.3 Å². The van der Waals surface area contributed by atoms with Gasteiger partial charge in [0.1, 0.15) is 0 Å². The minimum Gasteiger partial charge on any atom is -0.490 e. The van der Waals surface area contributed by atoms with Crippen molar-refractivity contribution in [3.8, 4) is 0 Å². The van der Waals surface area contributed by atoms with Gasteiger partial charge in [-0.3, -0.25) is 28.8 Å². The number of rotatable bonds is 0. The fourth-order valence-corrected chi connectivity index (χ4v) is 1.67. The van der Waals surface area contributed by atoms with E-state index in [-0.39, 0.29) is 39.6 Å². The van der Waals surface area contributed by atoms with Crippen molar-refractivity contribution in [3.05, 3.63) is 35.5 Å². The van der Waals surface area contributed by atoms with Gasteiger partial charge in [0.05, 0.1) is 17.3 Å². The van der Waals surface area contributed by atoms with Crippen LogP contribution >= 0.6 is 0 Å². The number of ether oxygens (including phenoxy) is 3. The van der Waals surface area contributed by atoms with Crippen LogP contribution in [0, 0.1) is 0 Å². The van der Waals surface area contributed by atoms with E-state index in [1.807, 2.05) is 0 Å². The minimum absolute atomic E-state index is 0. The molecule has 3 heterocycles. The predicted molar refractivity (Wildman–Crippen MR) is 94.9 cm³/mol. The molecule has 0 N–H and O–H groups in total. The van der Waals surface area contributed by atoms with Gasteiger partial charge in [0.25, 0.3) is 0 Å². The van der Waals surface area contributed by atoms with Gasteiger partial charge in [0.2, 0.25) is 34.7 Å². The van der Waals surface area contributed by atoms with Gasteiger partial charge in [0, 0.05) is 18.2 Å². The van der Waals surface area contributed by atoms with E-state index < -0.39 is 34.7 Å². The zero-order valence-electron chi connectivity index (χ0n) is 15.6. The molecule has 9 nitrogen and oxygen atoms in total. The Bertz CT molecular complexity index is 682. The average Bonchev–Trinajstić information content (AvgIpc) is 2.60. The van der Waals surface area contributed by atoms with Gasteiger partial charge in [-0.15, -0.1) is 0 Å². The van der Waals surface area contributed by atoms with Crippen molar-refractivity contribution in [1.29, 1.82) is 0 Å². The molecule has 144 valence electrons. The second-order valence-corrected chi connectivity index (χ2v) is 5.49. The molecular formula is C18H18GaO9+3. The number of hydrogen-bond acceptors (Lipinski definition) is 9. The summed E-state index contributed by atoms with van der Waals surface area (Å²) < 4.78 is 14.3. The maximum absolute atomic E-state index is 10.5. The quantitative estimate of drug-likeness (QED) is 0.365. The van der Waals surface area contributed by atoms with Gasteiger partial charge < -0.3 is 14.2 Å². The van der Waals surface area contributed by atoms with E-state index in [0.29, 0.717) is 17.3 Å². The Kier molecular flexibility index (Phi) is 10.7. The first-order valence-corrected chi connectivity index (χ1v) is 7.75. The maximum atomic E-state index is 10.5.